The Morgan fingerprint density at radius 1 is 0.429 bits per heavy atom. The minimum atomic E-state index is -1.24. The molecule has 3 aliphatic heterocycles. The maximum absolute atomic E-state index is 15.7. The standard InChI is InChI=1S/C80H113N13O10S2/c1-45-56-37-65(104-45)67(94)63-22-12-28-92(63)77(102)61(18-6-7-24-81)88-76(101)69(80-42-51-33-52(43-80)35-53(34-51)44-80)91-71(96)59(20-10-26-83)85-73(98)64-23-13-29-93(64)78(103)62(36-47-14-4-3-5-15-47)89-70(95)58(19-9-25-82)87-75(100)68(79-39-48-30-49(40-79)32-50(31-48)41-79)90-72(97)60(21-11-27-84)86-74(99)66-38-57(46(2)105-66)55-17-8-16-54(55)56/h3-5,14-15,37-38,48-53,58-64,68-69H,6-13,16-36,39-44,81-84H2,1-2H3,(H,85,98)(H,86,99)(H,87,100)(H,88,101)(H,89,95)(H,90,97)(H,91,96)/t48?,49?,50?,51?,52?,53?,58-,59-,60-,61-,62+,63+,64-,68+,69+,79?,80?/m0/s1. The summed E-state index contributed by atoms with van der Waals surface area (Å²) in [5.41, 5.74) is 28.0. The Labute approximate surface area is 626 Å². The van der Waals surface area contributed by atoms with E-state index in [1.165, 1.54) is 27.6 Å². The van der Waals surface area contributed by atoms with Crippen LogP contribution in [0.5, 0.6) is 0 Å². The van der Waals surface area contributed by atoms with Gasteiger partial charge in [0.25, 0.3) is 5.91 Å². The molecule has 8 saturated carbocycles. The van der Waals surface area contributed by atoms with Crippen LogP contribution in [0.4, 0.5) is 0 Å². The first-order valence-electron chi connectivity index (χ1n) is 39.7. The summed E-state index contributed by atoms with van der Waals surface area (Å²) in [6.07, 6.45) is 17.5. The lowest BCUT2D eigenvalue weighted by Gasteiger charge is -2.59. The van der Waals surface area contributed by atoms with Crippen molar-refractivity contribution in [2.75, 3.05) is 39.3 Å². The van der Waals surface area contributed by atoms with Crippen molar-refractivity contribution in [1.29, 1.82) is 0 Å². The second-order valence-corrected chi connectivity index (χ2v) is 35.7. The van der Waals surface area contributed by atoms with E-state index in [0.29, 0.717) is 129 Å². The van der Waals surface area contributed by atoms with Crippen LogP contribution in [0.25, 0.3) is 11.1 Å². The quantitative estimate of drug-likeness (QED) is 0.0625. The van der Waals surface area contributed by atoms with E-state index >= 15 is 43.2 Å². The van der Waals surface area contributed by atoms with E-state index in [2.05, 4.69) is 37.2 Å². The molecule has 105 heavy (non-hydrogen) atoms. The van der Waals surface area contributed by atoms with E-state index in [1.807, 2.05) is 56.3 Å². The first kappa shape index (κ1) is 76.3. The molecule has 12 aliphatic rings. The highest BCUT2D eigenvalue weighted by atomic mass is 32.1. The molecule has 9 atom stereocenters. The van der Waals surface area contributed by atoms with Crippen molar-refractivity contribution in [2.45, 2.75) is 254 Å². The minimum absolute atomic E-state index is 0.0296. The maximum atomic E-state index is 15.7. The fourth-order valence-electron chi connectivity index (χ4n) is 21.7. The number of nitrogens with two attached hydrogens (primary N) is 4. The summed E-state index contributed by atoms with van der Waals surface area (Å²) in [4.78, 5) is 159. The number of amides is 9. The number of unbranched alkanes of at least 4 members (excludes halogenated alkanes) is 1. The Morgan fingerprint density at radius 2 is 0.829 bits per heavy atom. The highest BCUT2D eigenvalue weighted by Crippen LogP contribution is 2.63. The first-order chi connectivity index (χ1) is 50.7. The van der Waals surface area contributed by atoms with Crippen LogP contribution in [0, 0.1) is 60.2 Å². The van der Waals surface area contributed by atoms with Gasteiger partial charge in [-0.25, -0.2) is 0 Å². The minimum Gasteiger partial charge on any atom is -0.343 e. The van der Waals surface area contributed by atoms with Crippen LogP contribution < -0.4 is 60.2 Å². The van der Waals surface area contributed by atoms with Crippen molar-refractivity contribution in [3.05, 3.63) is 78.7 Å². The lowest BCUT2D eigenvalue weighted by atomic mass is 9.47. The maximum Gasteiger partial charge on any atom is 0.262 e. The number of hydrogen-bond acceptors (Lipinski definition) is 16. The van der Waals surface area contributed by atoms with Gasteiger partial charge in [0.1, 0.15) is 48.3 Å². The predicted octanol–water partition coefficient (Wildman–Crippen LogP) is 6.73. The number of allylic oxidation sites excluding steroid dienone is 2. The van der Waals surface area contributed by atoms with Gasteiger partial charge in [-0.05, 0) is 295 Å². The van der Waals surface area contributed by atoms with E-state index in [9.17, 15) is 4.79 Å². The highest BCUT2D eigenvalue weighted by Gasteiger charge is 2.59. The van der Waals surface area contributed by atoms with E-state index in [0.717, 1.165) is 115 Å². The summed E-state index contributed by atoms with van der Waals surface area (Å²) >= 11 is 2.75. The summed E-state index contributed by atoms with van der Waals surface area (Å²) in [6.45, 7) is 5.48. The van der Waals surface area contributed by atoms with Gasteiger partial charge in [-0.1, -0.05) is 30.3 Å². The van der Waals surface area contributed by atoms with Gasteiger partial charge in [0.2, 0.25) is 47.3 Å². The normalized spacial score (nSPS) is 33.6. The van der Waals surface area contributed by atoms with Gasteiger partial charge >= 0.3 is 0 Å². The molecule has 5 heterocycles. The molecule has 25 heteroatoms. The molecule has 570 valence electrons. The Hall–Kier alpha value is -6.90. The molecule has 9 aliphatic carbocycles. The zero-order valence-electron chi connectivity index (χ0n) is 61.6. The number of ketones is 1. The Morgan fingerprint density at radius 3 is 1.32 bits per heavy atom. The van der Waals surface area contributed by atoms with Gasteiger partial charge in [-0.15, -0.1) is 22.7 Å². The van der Waals surface area contributed by atoms with Crippen molar-refractivity contribution in [3.63, 3.8) is 0 Å². The van der Waals surface area contributed by atoms with Crippen LogP contribution in [0.1, 0.15) is 226 Å². The van der Waals surface area contributed by atoms with E-state index in [-0.39, 0.29) is 76.4 Å². The zero-order valence-corrected chi connectivity index (χ0v) is 63.2. The summed E-state index contributed by atoms with van der Waals surface area (Å²) in [6, 6.07) is 3.30. The molecule has 2 aromatic heterocycles. The second kappa shape index (κ2) is 33.3. The number of fused-ring (bicyclic) bond motifs is 8. The van der Waals surface area contributed by atoms with Crippen LogP contribution in [-0.4, -0.2) is 162 Å². The Bertz CT molecular complexity index is 3710. The van der Waals surface area contributed by atoms with E-state index in [1.54, 1.807) is 4.90 Å². The van der Waals surface area contributed by atoms with Crippen LogP contribution in [0.15, 0.2) is 42.5 Å². The molecule has 0 spiro atoms. The fourth-order valence-corrected chi connectivity index (χ4v) is 23.7. The summed E-state index contributed by atoms with van der Waals surface area (Å²) in [7, 11) is 0. The lowest BCUT2D eigenvalue weighted by Crippen LogP contribution is -2.66. The Balaban J connectivity index is 0.863. The number of carbonyl (C=O) groups excluding carboxylic acids is 10. The van der Waals surface area contributed by atoms with Crippen LogP contribution in [-0.2, 0) is 44.8 Å². The average Bonchev–Trinajstić information content (AvgIpc) is 1.57. The van der Waals surface area contributed by atoms with Crippen molar-refractivity contribution in [2.24, 2.45) is 69.3 Å². The number of nitrogens with one attached hydrogen (secondary N) is 7. The number of Topliss-reactive ketones (excluding diaryl/α,β-unsaturated/α-hetero) is 1. The molecule has 9 amide bonds. The third kappa shape index (κ3) is 16.6. The molecular weight excluding hydrogens is 1370 g/mol. The number of benzene rings is 1. The largest absolute Gasteiger partial charge is 0.343 e. The molecular formula is C80H113N13O10S2. The lowest BCUT2D eigenvalue weighted by molar-refractivity contribution is -0.146. The monoisotopic (exact) mass is 1480 g/mol. The zero-order chi connectivity index (χ0) is 73.8. The van der Waals surface area contributed by atoms with Gasteiger partial charge in [-0.2, -0.15) is 0 Å². The third-order valence-electron chi connectivity index (χ3n) is 25.8. The summed E-state index contributed by atoms with van der Waals surface area (Å²) in [5.74, 6) is -2.69. The topological polar surface area (TPSA) is 365 Å². The van der Waals surface area contributed by atoms with Gasteiger partial charge in [0, 0.05) is 40.1 Å². The fraction of sp³-hybridized carbons (Fsp3) is 0.675. The molecule has 23 nitrogen and oxygen atoms in total. The van der Waals surface area contributed by atoms with Crippen LogP contribution in [0.2, 0.25) is 0 Å². The predicted molar refractivity (Wildman–Crippen MR) is 405 cm³/mol. The van der Waals surface area contributed by atoms with Gasteiger partial charge in [0.15, 0.2) is 5.78 Å². The highest BCUT2D eigenvalue weighted by molar-refractivity contribution is 7.14. The van der Waals surface area contributed by atoms with Crippen molar-refractivity contribution >= 4 is 92.8 Å². The van der Waals surface area contributed by atoms with Gasteiger partial charge in [0.05, 0.1) is 15.8 Å². The molecule has 12 bridgehead atoms. The number of nitrogens with zero attached hydrogens (tertiary/aromatic N) is 2. The van der Waals surface area contributed by atoms with E-state index < -0.39 is 112 Å². The molecule has 1 aromatic carbocycles. The molecule has 0 unspecified atom stereocenters. The molecule has 15 rings (SSSR count). The van der Waals surface area contributed by atoms with Gasteiger partial charge in [-0.3, -0.25) is 47.9 Å². The van der Waals surface area contributed by atoms with Crippen molar-refractivity contribution in [1.82, 2.24) is 47.0 Å². The van der Waals surface area contributed by atoms with Crippen LogP contribution >= 0.6 is 22.7 Å². The molecule has 10 fully saturated rings. The van der Waals surface area contributed by atoms with Crippen LogP contribution in [0.3, 0.4) is 0 Å². The number of hydrogen-bond donors (Lipinski definition) is 11. The molecule has 2 saturated heterocycles. The number of thiophene rings is 2. The van der Waals surface area contributed by atoms with Crippen molar-refractivity contribution < 1.29 is 47.9 Å². The first-order valence-corrected chi connectivity index (χ1v) is 41.4. The number of carbonyl (C=O) groups is 10. The second-order valence-electron chi connectivity index (χ2n) is 33.2. The van der Waals surface area contributed by atoms with Gasteiger partial charge < -0.3 is 70.0 Å². The summed E-state index contributed by atoms with van der Waals surface area (Å²) < 4.78 is 0. The number of aryl methyl sites for hydroxylation is 2. The summed E-state index contributed by atoms with van der Waals surface area (Å²) in [5, 5.41) is 22.0. The Kier molecular flexibility index (Phi) is 24.2. The molecule has 0 radical (unpaired) electrons. The number of rotatable bonds is 17. The third-order valence-corrected chi connectivity index (χ3v) is 27.9. The smallest absolute Gasteiger partial charge is 0.262 e. The van der Waals surface area contributed by atoms with E-state index in [4.69, 9.17) is 22.9 Å². The molecule has 3 aromatic rings. The van der Waals surface area contributed by atoms with Crippen molar-refractivity contribution in [3.8, 4) is 0 Å². The molecule has 15 N–H and O–H groups in total. The average molecular weight is 1480 g/mol. The SMILES string of the molecule is Cc1sc2cc1C1=C(CCC1)c1cc(sc1C)C(=O)[C@H]1CCCN1C(=O)[C@H](CCCCN)NC(=O)[C@H](C13CC4CC(CC(C4)C1)C3)NC(=O)[C@H](CCCN)NC(=O)[C@@H]1CCCN1C(=O)[C@@H](Cc1ccccc1)NC(=O)[C@H](CCCN)NC(=O)[C@H](C13CC4CC(CC(C4)C1)C3)NC(=O)[C@H](CCCN)NC2=O.